The van der Waals surface area contributed by atoms with Crippen LogP contribution in [0, 0.1) is 5.82 Å². The molecule has 0 radical (unpaired) electrons. The molecule has 0 fully saturated rings. The van der Waals surface area contributed by atoms with Crippen LogP contribution in [0.2, 0.25) is 0 Å². The highest BCUT2D eigenvalue weighted by Gasteiger charge is 2.12. The Morgan fingerprint density at radius 1 is 1.08 bits per heavy atom. The van der Waals surface area contributed by atoms with Crippen LogP contribution in [-0.2, 0) is 6.61 Å². The number of nitrogen functional groups attached to an aromatic ring is 1. The summed E-state index contributed by atoms with van der Waals surface area (Å²) in [6.07, 6.45) is 1.69. The summed E-state index contributed by atoms with van der Waals surface area (Å²) < 4.78 is 29.8. The molecule has 124 valence electrons. The van der Waals surface area contributed by atoms with Crippen molar-refractivity contribution in [2.75, 3.05) is 20.0 Å². The van der Waals surface area contributed by atoms with Crippen LogP contribution in [-0.4, -0.2) is 19.2 Å². The van der Waals surface area contributed by atoms with Crippen molar-refractivity contribution in [1.29, 1.82) is 0 Å². The molecule has 2 N–H and O–H groups in total. The van der Waals surface area contributed by atoms with Gasteiger partial charge >= 0.3 is 0 Å². The van der Waals surface area contributed by atoms with Crippen LogP contribution >= 0.6 is 0 Å². The third kappa shape index (κ3) is 2.90. The molecule has 0 amide bonds. The van der Waals surface area contributed by atoms with E-state index in [4.69, 9.17) is 19.9 Å². The lowest BCUT2D eigenvalue weighted by Gasteiger charge is -2.14. The Hall–Kier alpha value is -3.02. The number of anilines is 1. The molecule has 1 aromatic heterocycles. The van der Waals surface area contributed by atoms with Crippen molar-refractivity contribution in [2.24, 2.45) is 0 Å². The van der Waals surface area contributed by atoms with Crippen molar-refractivity contribution in [3.8, 4) is 17.4 Å². The van der Waals surface area contributed by atoms with E-state index in [0.29, 0.717) is 11.6 Å². The predicted molar refractivity (Wildman–Crippen MR) is 90.0 cm³/mol. The van der Waals surface area contributed by atoms with Crippen molar-refractivity contribution in [2.45, 2.75) is 6.61 Å². The number of nitrogens with two attached hydrogens (primary N) is 1. The topological polar surface area (TPSA) is 66.6 Å². The lowest BCUT2D eigenvalue weighted by Crippen LogP contribution is -2.02. The van der Waals surface area contributed by atoms with Crippen LogP contribution in [0.3, 0.4) is 0 Å². The zero-order valence-corrected chi connectivity index (χ0v) is 13.4. The zero-order valence-electron chi connectivity index (χ0n) is 13.4. The minimum Gasteiger partial charge on any atom is -0.493 e. The number of benzene rings is 2. The summed E-state index contributed by atoms with van der Waals surface area (Å²) in [5.74, 6) is 0.635. The molecule has 2 aromatic carbocycles. The molecule has 24 heavy (non-hydrogen) atoms. The molecule has 1 heterocycles. The molecular weight excluding hydrogens is 311 g/mol. The molecule has 6 heteroatoms. The molecule has 0 saturated carbocycles. The van der Waals surface area contributed by atoms with Crippen molar-refractivity contribution >= 4 is 16.5 Å². The fourth-order valence-electron chi connectivity index (χ4n) is 2.52. The second-order valence-electron chi connectivity index (χ2n) is 5.15. The van der Waals surface area contributed by atoms with Crippen LogP contribution in [0.5, 0.6) is 17.4 Å². The van der Waals surface area contributed by atoms with Gasteiger partial charge in [0.2, 0.25) is 5.88 Å². The van der Waals surface area contributed by atoms with Crippen LogP contribution in [0.15, 0.2) is 42.6 Å². The van der Waals surface area contributed by atoms with Crippen molar-refractivity contribution in [3.63, 3.8) is 0 Å². The fraction of sp³-hybridized carbons (Fsp3) is 0.167. The lowest BCUT2D eigenvalue weighted by molar-refractivity contribution is 0.284. The number of halogens is 1. The van der Waals surface area contributed by atoms with Crippen molar-refractivity contribution in [1.82, 2.24) is 4.98 Å². The van der Waals surface area contributed by atoms with Crippen molar-refractivity contribution in [3.05, 3.63) is 54.0 Å². The van der Waals surface area contributed by atoms with E-state index in [-0.39, 0.29) is 18.0 Å². The van der Waals surface area contributed by atoms with Gasteiger partial charge in [-0.25, -0.2) is 9.37 Å². The maximum absolute atomic E-state index is 13.5. The van der Waals surface area contributed by atoms with Gasteiger partial charge in [-0.1, -0.05) is 18.2 Å². The van der Waals surface area contributed by atoms with Gasteiger partial charge in [0.1, 0.15) is 12.4 Å². The largest absolute Gasteiger partial charge is 0.493 e. The second-order valence-corrected chi connectivity index (χ2v) is 5.15. The van der Waals surface area contributed by atoms with E-state index in [2.05, 4.69) is 4.98 Å². The first kappa shape index (κ1) is 15.9. The molecule has 0 spiro atoms. The molecule has 0 bridgehead atoms. The summed E-state index contributed by atoms with van der Waals surface area (Å²) in [5, 5.41) is 1.87. The number of ether oxygens (including phenoxy) is 3. The first-order valence-corrected chi connectivity index (χ1v) is 7.30. The number of rotatable bonds is 5. The third-order valence-corrected chi connectivity index (χ3v) is 3.70. The Balaban J connectivity index is 1.96. The molecule has 3 aromatic rings. The van der Waals surface area contributed by atoms with Crippen LogP contribution in [0.4, 0.5) is 10.1 Å². The number of hydrogen-bond acceptors (Lipinski definition) is 5. The molecule has 0 atom stereocenters. The number of methoxy groups -OCH3 is 2. The van der Waals surface area contributed by atoms with Crippen LogP contribution in [0.1, 0.15) is 5.56 Å². The Labute approximate surface area is 138 Å². The summed E-state index contributed by atoms with van der Waals surface area (Å²) in [4.78, 5) is 4.23. The van der Waals surface area contributed by atoms with E-state index in [0.717, 1.165) is 16.3 Å². The van der Waals surface area contributed by atoms with E-state index >= 15 is 0 Å². The average molecular weight is 328 g/mol. The Bertz CT molecular complexity index is 878. The Morgan fingerprint density at radius 2 is 1.92 bits per heavy atom. The van der Waals surface area contributed by atoms with E-state index < -0.39 is 5.82 Å². The van der Waals surface area contributed by atoms with Crippen LogP contribution in [0.25, 0.3) is 10.8 Å². The van der Waals surface area contributed by atoms with Gasteiger partial charge in [-0.15, -0.1) is 0 Å². The predicted octanol–water partition coefficient (Wildman–Crippen LogP) is 3.55. The molecule has 0 unspecified atom stereocenters. The summed E-state index contributed by atoms with van der Waals surface area (Å²) in [5.41, 5.74) is 6.50. The van der Waals surface area contributed by atoms with Gasteiger partial charge in [-0.3, -0.25) is 0 Å². The third-order valence-electron chi connectivity index (χ3n) is 3.70. The Kier molecular flexibility index (Phi) is 4.37. The van der Waals surface area contributed by atoms with Gasteiger partial charge in [-0.05, 0) is 11.5 Å². The molecule has 0 saturated heterocycles. The minimum atomic E-state index is -0.546. The highest BCUT2D eigenvalue weighted by molar-refractivity contribution is 5.89. The molecule has 0 aliphatic heterocycles. The summed E-state index contributed by atoms with van der Waals surface area (Å²) in [6.45, 7) is 0.237. The maximum Gasteiger partial charge on any atom is 0.221 e. The number of aromatic nitrogens is 1. The maximum atomic E-state index is 13.5. The molecule has 3 rings (SSSR count). The molecule has 0 aliphatic carbocycles. The summed E-state index contributed by atoms with van der Waals surface area (Å²) >= 11 is 0. The summed E-state index contributed by atoms with van der Waals surface area (Å²) in [7, 11) is 3.02. The first-order valence-electron chi connectivity index (χ1n) is 7.30. The second kappa shape index (κ2) is 6.62. The summed E-state index contributed by atoms with van der Waals surface area (Å²) in [6, 6.07) is 10.3. The quantitative estimate of drug-likeness (QED) is 0.726. The van der Waals surface area contributed by atoms with Gasteiger partial charge in [0.25, 0.3) is 0 Å². The fourth-order valence-corrected chi connectivity index (χ4v) is 2.52. The number of pyridine rings is 1. The number of hydrogen-bond donors (Lipinski definition) is 1. The van der Waals surface area contributed by atoms with Crippen molar-refractivity contribution < 1.29 is 18.6 Å². The van der Waals surface area contributed by atoms with E-state index in [1.165, 1.54) is 19.2 Å². The lowest BCUT2D eigenvalue weighted by atomic mass is 10.1. The zero-order chi connectivity index (χ0) is 17.1. The molecule has 0 aliphatic rings. The average Bonchev–Trinajstić information content (AvgIpc) is 2.61. The minimum absolute atomic E-state index is 0.00275. The van der Waals surface area contributed by atoms with E-state index in [1.807, 2.05) is 24.3 Å². The van der Waals surface area contributed by atoms with Gasteiger partial charge in [0.05, 0.1) is 25.3 Å². The highest BCUT2D eigenvalue weighted by Crippen LogP contribution is 2.33. The standard InChI is InChI=1S/C18H17FN2O3/c1-22-15-8-13(19)14(20)9-16(15)24-10-12-5-3-4-11-6-7-21-18(23-2)17(11)12/h3-9H,10,20H2,1-2H3. The van der Waals surface area contributed by atoms with Crippen LogP contribution < -0.4 is 19.9 Å². The normalized spacial score (nSPS) is 10.6. The molecule has 5 nitrogen and oxygen atoms in total. The Morgan fingerprint density at radius 3 is 2.67 bits per heavy atom. The monoisotopic (exact) mass is 328 g/mol. The van der Waals surface area contributed by atoms with Gasteiger partial charge in [0, 0.05) is 23.9 Å². The van der Waals surface area contributed by atoms with E-state index in [1.54, 1.807) is 13.3 Å². The smallest absolute Gasteiger partial charge is 0.221 e. The van der Waals surface area contributed by atoms with E-state index in [9.17, 15) is 4.39 Å². The SMILES string of the molecule is COc1cc(F)c(N)cc1OCc1cccc2ccnc(OC)c12. The van der Waals surface area contributed by atoms with Gasteiger partial charge in [-0.2, -0.15) is 0 Å². The number of fused-ring (bicyclic) bond motifs is 1. The van der Waals surface area contributed by atoms with Gasteiger partial charge in [0.15, 0.2) is 11.5 Å². The first-order chi connectivity index (χ1) is 11.6. The molecular formula is C18H17FN2O3. The van der Waals surface area contributed by atoms with Gasteiger partial charge < -0.3 is 19.9 Å². The highest BCUT2D eigenvalue weighted by atomic mass is 19.1. The number of nitrogens with zero attached hydrogens (tertiary/aromatic N) is 1.